The zero-order valence-corrected chi connectivity index (χ0v) is 18.7. The Kier molecular flexibility index (Phi) is 5.36. The van der Waals surface area contributed by atoms with Crippen LogP contribution in [0.25, 0.3) is 11.0 Å². The molecular formula is C22H27ClFN5O. The topological polar surface area (TPSA) is 69.2 Å². The molecule has 8 heteroatoms. The van der Waals surface area contributed by atoms with E-state index in [1.54, 1.807) is 30.1 Å². The van der Waals surface area contributed by atoms with Gasteiger partial charge in [-0.05, 0) is 39.8 Å². The summed E-state index contributed by atoms with van der Waals surface area (Å²) in [5, 5.41) is 5.59. The second-order valence-electron chi connectivity index (χ2n) is 8.26. The summed E-state index contributed by atoms with van der Waals surface area (Å²) in [4.78, 5) is 6.78. The molecule has 0 aliphatic carbocycles. The summed E-state index contributed by atoms with van der Waals surface area (Å²) in [6.07, 6.45) is 1.66. The van der Waals surface area contributed by atoms with E-state index in [0.717, 1.165) is 29.7 Å². The smallest absolute Gasteiger partial charge is 0.160 e. The molecule has 0 saturated carbocycles. The molecule has 1 aromatic carbocycles. The van der Waals surface area contributed by atoms with Gasteiger partial charge in [0.15, 0.2) is 5.65 Å². The van der Waals surface area contributed by atoms with Crippen molar-refractivity contribution < 1.29 is 9.13 Å². The maximum absolute atomic E-state index is 15.1. The number of fused-ring (bicyclic) bond motifs is 1. The van der Waals surface area contributed by atoms with E-state index >= 15 is 4.39 Å². The summed E-state index contributed by atoms with van der Waals surface area (Å²) in [5.41, 5.74) is 9.56. The molecule has 1 atom stereocenters. The number of anilines is 1. The lowest BCUT2D eigenvalue weighted by atomic mass is 9.87. The number of ether oxygens (including phenoxy) is 1. The molecule has 0 spiro atoms. The second kappa shape index (κ2) is 7.71. The number of hydrogen-bond acceptors (Lipinski definition) is 5. The van der Waals surface area contributed by atoms with Crippen molar-refractivity contribution >= 4 is 28.3 Å². The number of hydrogen-bond donors (Lipinski definition) is 1. The SMILES string of the molecule is COc1c(C(C)n2nc(C)c3c(N)ccnc32)cc(Cl)c(F)c1C1CN(C(C)C)C1. The predicted molar refractivity (Wildman–Crippen MR) is 118 cm³/mol. The lowest BCUT2D eigenvalue weighted by Crippen LogP contribution is -2.49. The Morgan fingerprint density at radius 2 is 2.00 bits per heavy atom. The van der Waals surface area contributed by atoms with E-state index in [1.165, 1.54) is 0 Å². The number of halogens is 2. The molecule has 6 nitrogen and oxygen atoms in total. The van der Waals surface area contributed by atoms with Crippen LogP contribution in [0.2, 0.25) is 5.02 Å². The predicted octanol–water partition coefficient (Wildman–Crippen LogP) is 4.54. The summed E-state index contributed by atoms with van der Waals surface area (Å²) in [7, 11) is 1.57. The van der Waals surface area contributed by atoms with Crippen molar-refractivity contribution in [3.63, 3.8) is 0 Å². The highest BCUT2D eigenvalue weighted by Crippen LogP contribution is 2.44. The fourth-order valence-electron chi connectivity index (χ4n) is 4.34. The van der Waals surface area contributed by atoms with Crippen LogP contribution in [0.5, 0.6) is 5.75 Å². The molecule has 0 amide bonds. The number of likely N-dealkylation sites (tertiary alicyclic amines) is 1. The van der Waals surface area contributed by atoms with Crippen LogP contribution in [0, 0.1) is 12.7 Å². The number of aryl methyl sites for hydroxylation is 1. The van der Waals surface area contributed by atoms with Gasteiger partial charge < -0.3 is 10.5 Å². The first kappa shape index (κ1) is 20.9. The van der Waals surface area contributed by atoms with Crippen molar-refractivity contribution in [1.29, 1.82) is 0 Å². The van der Waals surface area contributed by atoms with Crippen molar-refractivity contribution in [2.75, 3.05) is 25.9 Å². The number of pyridine rings is 1. The Morgan fingerprint density at radius 3 is 2.63 bits per heavy atom. The van der Waals surface area contributed by atoms with Gasteiger partial charge in [-0.2, -0.15) is 5.10 Å². The molecule has 2 aromatic heterocycles. The molecule has 160 valence electrons. The zero-order chi connectivity index (χ0) is 21.7. The van der Waals surface area contributed by atoms with Crippen molar-refractivity contribution in [3.8, 4) is 5.75 Å². The minimum absolute atomic E-state index is 0.0388. The van der Waals surface area contributed by atoms with E-state index < -0.39 is 5.82 Å². The van der Waals surface area contributed by atoms with Crippen LogP contribution < -0.4 is 10.5 Å². The monoisotopic (exact) mass is 431 g/mol. The highest BCUT2D eigenvalue weighted by Gasteiger charge is 2.36. The van der Waals surface area contributed by atoms with E-state index in [-0.39, 0.29) is 17.0 Å². The lowest BCUT2D eigenvalue weighted by molar-refractivity contribution is 0.106. The van der Waals surface area contributed by atoms with E-state index in [9.17, 15) is 0 Å². The van der Waals surface area contributed by atoms with Gasteiger partial charge in [-0.1, -0.05) is 11.6 Å². The van der Waals surface area contributed by atoms with Crippen molar-refractivity contribution in [2.45, 2.75) is 45.7 Å². The van der Waals surface area contributed by atoms with Gasteiger partial charge in [-0.25, -0.2) is 14.1 Å². The molecule has 2 N–H and O–H groups in total. The van der Waals surface area contributed by atoms with Crippen LogP contribution in [-0.4, -0.2) is 45.9 Å². The average molecular weight is 432 g/mol. The molecule has 1 unspecified atom stereocenters. The number of nitrogens with zero attached hydrogens (tertiary/aromatic N) is 4. The Labute approximate surface area is 180 Å². The Hall–Kier alpha value is -2.38. The number of rotatable bonds is 5. The molecule has 1 aliphatic rings. The summed E-state index contributed by atoms with van der Waals surface area (Å²) in [6.45, 7) is 9.72. The van der Waals surface area contributed by atoms with Gasteiger partial charge >= 0.3 is 0 Å². The van der Waals surface area contributed by atoms with Gasteiger partial charge in [0, 0.05) is 48.1 Å². The average Bonchev–Trinajstić information content (AvgIpc) is 3.00. The highest BCUT2D eigenvalue weighted by atomic mass is 35.5. The first-order valence-corrected chi connectivity index (χ1v) is 10.5. The number of methoxy groups -OCH3 is 1. The van der Waals surface area contributed by atoms with E-state index in [0.29, 0.717) is 28.7 Å². The largest absolute Gasteiger partial charge is 0.496 e. The quantitative estimate of drug-likeness (QED) is 0.642. The van der Waals surface area contributed by atoms with Gasteiger partial charge in [-0.3, -0.25) is 4.90 Å². The number of nitrogens with two attached hydrogens (primary N) is 1. The summed E-state index contributed by atoms with van der Waals surface area (Å²) in [6, 6.07) is 3.54. The molecule has 3 aromatic rings. The van der Waals surface area contributed by atoms with E-state index in [4.69, 9.17) is 22.1 Å². The number of aromatic nitrogens is 3. The molecule has 1 fully saturated rings. The minimum atomic E-state index is -0.401. The number of nitrogen functional groups attached to an aromatic ring is 1. The minimum Gasteiger partial charge on any atom is -0.496 e. The van der Waals surface area contributed by atoms with Crippen molar-refractivity contribution in [3.05, 3.63) is 46.0 Å². The van der Waals surface area contributed by atoms with Gasteiger partial charge in [0.25, 0.3) is 0 Å². The molecule has 1 saturated heterocycles. The third kappa shape index (κ3) is 3.20. The fourth-order valence-corrected chi connectivity index (χ4v) is 4.56. The summed E-state index contributed by atoms with van der Waals surface area (Å²) in [5.74, 6) is 0.168. The fraction of sp³-hybridized carbons (Fsp3) is 0.455. The number of benzene rings is 1. The van der Waals surface area contributed by atoms with Crippen molar-refractivity contribution in [2.24, 2.45) is 0 Å². The maximum atomic E-state index is 15.1. The van der Waals surface area contributed by atoms with Crippen LogP contribution in [0.1, 0.15) is 49.6 Å². The molecular weight excluding hydrogens is 405 g/mol. The molecule has 30 heavy (non-hydrogen) atoms. The van der Waals surface area contributed by atoms with Gasteiger partial charge in [-0.15, -0.1) is 0 Å². The second-order valence-corrected chi connectivity index (χ2v) is 8.67. The third-order valence-electron chi connectivity index (χ3n) is 6.10. The summed E-state index contributed by atoms with van der Waals surface area (Å²) >= 11 is 6.34. The van der Waals surface area contributed by atoms with Crippen LogP contribution >= 0.6 is 11.6 Å². The van der Waals surface area contributed by atoms with Crippen molar-refractivity contribution in [1.82, 2.24) is 19.7 Å². The molecule has 3 heterocycles. The maximum Gasteiger partial charge on any atom is 0.160 e. The van der Waals surface area contributed by atoms with Crippen LogP contribution in [0.15, 0.2) is 18.3 Å². The Morgan fingerprint density at radius 1 is 1.30 bits per heavy atom. The normalized spacial score (nSPS) is 16.3. The standard InChI is InChI=1S/C22H27ClFN5O/c1-11(2)28-9-14(10-28)19-20(24)16(23)8-15(21(19)30-5)13(4)29-22-18(12(3)27-29)17(25)6-7-26-22/h6-8,11,13-14H,9-10H2,1-5H3,(H2,25,26). The van der Waals surface area contributed by atoms with E-state index in [1.807, 2.05) is 13.8 Å². The van der Waals surface area contributed by atoms with Gasteiger partial charge in [0.05, 0.1) is 29.3 Å². The summed E-state index contributed by atoms with van der Waals surface area (Å²) < 4.78 is 22.7. The first-order chi connectivity index (χ1) is 14.2. The Balaban J connectivity index is 1.83. The third-order valence-corrected chi connectivity index (χ3v) is 6.38. The first-order valence-electron chi connectivity index (χ1n) is 10.1. The Bertz CT molecular complexity index is 1110. The lowest BCUT2D eigenvalue weighted by Gasteiger charge is -2.43. The zero-order valence-electron chi connectivity index (χ0n) is 17.9. The molecule has 4 rings (SSSR count). The van der Waals surface area contributed by atoms with Crippen LogP contribution in [-0.2, 0) is 0 Å². The van der Waals surface area contributed by atoms with Crippen LogP contribution in [0.4, 0.5) is 10.1 Å². The highest BCUT2D eigenvalue weighted by molar-refractivity contribution is 6.31. The molecule has 0 radical (unpaired) electrons. The molecule has 1 aliphatic heterocycles. The van der Waals surface area contributed by atoms with Gasteiger partial charge in [0.2, 0.25) is 0 Å². The van der Waals surface area contributed by atoms with Crippen LogP contribution in [0.3, 0.4) is 0 Å². The molecule has 0 bridgehead atoms. The van der Waals surface area contributed by atoms with E-state index in [2.05, 4.69) is 28.8 Å². The van der Waals surface area contributed by atoms with Gasteiger partial charge in [0.1, 0.15) is 11.6 Å².